The molecule has 0 unspecified atom stereocenters. The summed E-state index contributed by atoms with van der Waals surface area (Å²) in [5.41, 5.74) is 3.15. The highest BCUT2D eigenvalue weighted by molar-refractivity contribution is 6.31. The molecular formula is C20H18ClNO4. The van der Waals surface area contributed by atoms with Crippen LogP contribution in [-0.4, -0.2) is 22.9 Å². The van der Waals surface area contributed by atoms with Crippen LogP contribution in [0.2, 0.25) is 5.02 Å². The van der Waals surface area contributed by atoms with Gasteiger partial charge in [-0.1, -0.05) is 11.6 Å². The van der Waals surface area contributed by atoms with E-state index in [9.17, 15) is 9.59 Å². The van der Waals surface area contributed by atoms with Gasteiger partial charge in [-0.25, -0.2) is 4.79 Å². The zero-order chi connectivity index (χ0) is 18.4. The highest BCUT2D eigenvalue weighted by atomic mass is 35.5. The van der Waals surface area contributed by atoms with Crippen molar-refractivity contribution in [2.75, 3.05) is 6.61 Å². The minimum atomic E-state index is -0.665. The van der Waals surface area contributed by atoms with Crippen molar-refractivity contribution >= 4 is 34.3 Å². The smallest absolute Gasteiger partial charge is 0.374 e. The van der Waals surface area contributed by atoms with Gasteiger partial charge in [0.15, 0.2) is 6.61 Å². The lowest BCUT2D eigenvalue weighted by molar-refractivity contribution is 0.0446. The Balaban J connectivity index is 1.47. The molecule has 0 N–H and O–H groups in total. The summed E-state index contributed by atoms with van der Waals surface area (Å²) in [6, 6.07) is 9.00. The van der Waals surface area contributed by atoms with Crippen LogP contribution in [0.15, 0.2) is 34.7 Å². The van der Waals surface area contributed by atoms with Gasteiger partial charge in [-0.05, 0) is 57.0 Å². The van der Waals surface area contributed by atoms with E-state index in [0.29, 0.717) is 27.6 Å². The Morgan fingerprint density at radius 2 is 2.00 bits per heavy atom. The predicted molar refractivity (Wildman–Crippen MR) is 98.0 cm³/mol. The third-order valence-electron chi connectivity index (χ3n) is 4.71. The zero-order valence-electron chi connectivity index (χ0n) is 14.5. The van der Waals surface area contributed by atoms with E-state index in [4.69, 9.17) is 20.8 Å². The number of hydrogen-bond acceptors (Lipinski definition) is 4. The molecule has 0 bridgehead atoms. The van der Waals surface area contributed by atoms with Crippen LogP contribution in [0.3, 0.4) is 0 Å². The number of carbonyl (C=O) groups excluding carboxylic acids is 2. The summed E-state index contributed by atoms with van der Waals surface area (Å²) in [5.74, 6) is -0.822. The second-order valence-corrected chi connectivity index (χ2v) is 7.11. The van der Waals surface area contributed by atoms with Crippen LogP contribution in [0.4, 0.5) is 0 Å². The van der Waals surface area contributed by atoms with Crippen molar-refractivity contribution in [1.29, 1.82) is 0 Å². The Bertz CT molecular complexity index is 1030. The lowest BCUT2D eigenvalue weighted by atomic mass is 10.1. The number of halogens is 1. The number of hydrogen-bond donors (Lipinski definition) is 0. The van der Waals surface area contributed by atoms with Crippen molar-refractivity contribution < 1.29 is 18.7 Å². The molecule has 0 saturated heterocycles. The third kappa shape index (κ3) is 3.03. The molecule has 0 aliphatic heterocycles. The number of aryl methyl sites for hydroxylation is 1. The Kier molecular flexibility index (Phi) is 4.11. The summed E-state index contributed by atoms with van der Waals surface area (Å²) in [5, 5.41) is 1.27. The van der Waals surface area contributed by atoms with Crippen LogP contribution in [0.25, 0.3) is 11.0 Å². The minimum absolute atomic E-state index is 0.0542. The summed E-state index contributed by atoms with van der Waals surface area (Å²) in [6.45, 7) is 3.61. The number of ether oxygens (including phenoxy) is 1. The van der Waals surface area contributed by atoms with Crippen molar-refractivity contribution in [3.63, 3.8) is 0 Å². The van der Waals surface area contributed by atoms with Crippen LogP contribution in [0, 0.1) is 13.8 Å². The van der Waals surface area contributed by atoms with Crippen molar-refractivity contribution in [2.24, 2.45) is 0 Å². The van der Waals surface area contributed by atoms with E-state index in [1.807, 2.05) is 19.9 Å². The number of esters is 1. The molecule has 26 heavy (non-hydrogen) atoms. The molecule has 0 amide bonds. The number of furan rings is 1. The molecule has 1 aromatic carbocycles. The highest BCUT2D eigenvalue weighted by Crippen LogP contribution is 2.38. The van der Waals surface area contributed by atoms with Gasteiger partial charge in [-0.3, -0.25) is 4.79 Å². The molecule has 1 fully saturated rings. The monoisotopic (exact) mass is 371 g/mol. The second-order valence-electron chi connectivity index (χ2n) is 6.68. The first-order valence-electron chi connectivity index (χ1n) is 8.52. The molecular weight excluding hydrogens is 354 g/mol. The molecule has 1 saturated carbocycles. The quantitative estimate of drug-likeness (QED) is 0.473. The first-order chi connectivity index (χ1) is 12.4. The molecule has 2 aromatic heterocycles. The maximum atomic E-state index is 12.5. The van der Waals surface area contributed by atoms with Crippen molar-refractivity contribution in [1.82, 2.24) is 4.57 Å². The highest BCUT2D eigenvalue weighted by Gasteiger charge is 2.28. The van der Waals surface area contributed by atoms with Gasteiger partial charge in [-0.2, -0.15) is 0 Å². The fourth-order valence-corrected chi connectivity index (χ4v) is 3.53. The number of rotatable bonds is 5. The van der Waals surface area contributed by atoms with E-state index < -0.39 is 5.97 Å². The second kappa shape index (κ2) is 6.32. The first-order valence-corrected chi connectivity index (χ1v) is 8.89. The van der Waals surface area contributed by atoms with E-state index in [1.54, 1.807) is 24.3 Å². The molecule has 1 aliphatic carbocycles. The maximum Gasteiger partial charge on any atom is 0.374 e. The summed E-state index contributed by atoms with van der Waals surface area (Å²) in [4.78, 5) is 24.7. The van der Waals surface area contributed by atoms with Crippen LogP contribution in [0.1, 0.15) is 51.2 Å². The molecule has 3 aromatic rings. The number of benzene rings is 1. The van der Waals surface area contributed by atoms with E-state index in [1.165, 1.54) is 0 Å². The topological polar surface area (TPSA) is 61.4 Å². The van der Waals surface area contributed by atoms with Gasteiger partial charge < -0.3 is 13.7 Å². The van der Waals surface area contributed by atoms with Crippen LogP contribution in [-0.2, 0) is 4.74 Å². The average Bonchev–Trinajstić information content (AvgIpc) is 3.27. The third-order valence-corrected chi connectivity index (χ3v) is 4.95. The Hall–Kier alpha value is -2.53. The molecule has 134 valence electrons. The fourth-order valence-electron chi connectivity index (χ4n) is 3.35. The number of ketones is 1. The van der Waals surface area contributed by atoms with E-state index >= 15 is 0 Å². The molecule has 5 nitrogen and oxygen atoms in total. The van der Waals surface area contributed by atoms with E-state index in [-0.39, 0.29) is 18.2 Å². The van der Waals surface area contributed by atoms with E-state index in [2.05, 4.69) is 4.57 Å². The number of Topliss-reactive ketones (excluding diaryl/α,β-unsaturated/α-hetero) is 1. The summed E-state index contributed by atoms with van der Waals surface area (Å²) >= 11 is 5.93. The van der Waals surface area contributed by atoms with Crippen molar-refractivity contribution in [3.8, 4) is 0 Å². The van der Waals surface area contributed by atoms with Crippen LogP contribution < -0.4 is 0 Å². The predicted octanol–water partition coefficient (Wildman–Crippen LogP) is 4.88. The summed E-state index contributed by atoms with van der Waals surface area (Å²) < 4.78 is 12.8. The summed E-state index contributed by atoms with van der Waals surface area (Å²) in [7, 11) is 0. The Labute approximate surface area is 155 Å². The Morgan fingerprint density at radius 1 is 1.23 bits per heavy atom. The number of fused-ring (bicyclic) bond motifs is 1. The molecule has 0 atom stereocenters. The molecule has 0 spiro atoms. The lowest BCUT2D eigenvalue weighted by Gasteiger charge is -2.07. The van der Waals surface area contributed by atoms with Gasteiger partial charge in [0.1, 0.15) is 5.58 Å². The molecule has 2 heterocycles. The average molecular weight is 372 g/mol. The van der Waals surface area contributed by atoms with Crippen molar-refractivity contribution in [3.05, 3.63) is 58.1 Å². The number of aromatic nitrogens is 1. The van der Waals surface area contributed by atoms with Gasteiger partial charge in [0.2, 0.25) is 11.5 Å². The zero-order valence-corrected chi connectivity index (χ0v) is 15.3. The van der Waals surface area contributed by atoms with Crippen molar-refractivity contribution in [2.45, 2.75) is 32.7 Å². The minimum Gasteiger partial charge on any atom is -0.451 e. The van der Waals surface area contributed by atoms with E-state index in [0.717, 1.165) is 24.2 Å². The SMILES string of the molecule is Cc1cc(C(=O)COC(=O)c2cc3cc(Cl)ccc3o2)c(C)n1C1CC1. The normalized spacial score (nSPS) is 14.0. The molecule has 4 rings (SSSR count). The van der Waals surface area contributed by atoms with Gasteiger partial charge in [0.25, 0.3) is 0 Å². The maximum absolute atomic E-state index is 12.5. The number of nitrogens with zero attached hydrogens (tertiary/aromatic N) is 1. The molecule has 1 aliphatic rings. The lowest BCUT2D eigenvalue weighted by Crippen LogP contribution is -2.14. The fraction of sp³-hybridized carbons (Fsp3) is 0.300. The first kappa shape index (κ1) is 16.9. The Morgan fingerprint density at radius 3 is 2.73 bits per heavy atom. The van der Waals surface area contributed by atoms with Gasteiger partial charge in [-0.15, -0.1) is 0 Å². The van der Waals surface area contributed by atoms with Gasteiger partial charge in [0, 0.05) is 33.4 Å². The largest absolute Gasteiger partial charge is 0.451 e. The molecule has 0 radical (unpaired) electrons. The van der Waals surface area contributed by atoms with Crippen LogP contribution >= 0.6 is 11.6 Å². The standard InChI is InChI=1S/C20H18ClNO4/c1-11-7-16(12(2)22(11)15-4-5-15)17(23)10-25-20(24)19-9-13-8-14(21)3-6-18(13)26-19/h3,6-9,15H,4-5,10H2,1-2H3. The summed E-state index contributed by atoms with van der Waals surface area (Å²) in [6.07, 6.45) is 2.30. The van der Waals surface area contributed by atoms with Gasteiger partial charge in [0.05, 0.1) is 0 Å². The van der Waals surface area contributed by atoms with Crippen LogP contribution in [0.5, 0.6) is 0 Å². The van der Waals surface area contributed by atoms with Gasteiger partial charge >= 0.3 is 5.97 Å². The number of carbonyl (C=O) groups is 2. The molecule has 6 heteroatoms.